The summed E-state index contributed by atoms with van der Waals surface area (Å²) in [6.45, 7) is 0. The normalized spacial score (nSPS) is 16.1. The highest BCUT2D eigenvalue weighted by molar-refractivity contribution is 6.01. The van der Waals surface area contributed by atoms with Gasteiger partial charge in [-0.15, -0.1) is 0 Å². The van der Waals surface area contributed by atoms with Gasteiger partial charge >= 0.3 is 5.97 Å². The summed E-state index contributed by atoms with van der Waals surface area (Å²) < 4.78 is 16.5. The van der Waals surface area contributed by atoms with Crippen LogP contribution in [-0.4, -0.2) is 41.3 Å². The molecular weight excluding hydrogens is 386 g/mol. The number of aromatic nitrogens is 3. The molecule has 1 aromatic carbocycles. The third-order valence-corrected chi connectivity index (χ3v) is 5.03. The molecule has 4 heterocycles. The van der Waals surface area contributed by atoms with Gasteiger partial charge < -0.3 is 24.5 Å². The van der Waals surface area contributed by atoms with Gasteiger partial charge in [0.2, 0.25) is 5.89 Å². The standard InChI is InChI=1S/C21H19N5O4/c1-22-20-13-9-23-17(26-18-5-6-19(27)30-18)8-12(13)14(10-24-20)21-25-15-7-11(28-2)3-4-16(15)29-21/h3-4,7-10,18H,5-6H2,1-2H3,(H,22,24)(H,23,26). The van der Waals surface area contributed by atoms with E-state index < -0.39 is 0 Å². The van der Waals surface area contributed by atoms with Gasteiger partial charge in [0, 0.05) is 42.7 Å². The molecule has 9 nitrogen and oxygen atoms in total. The first kappa shape index (κ1) is 18.2. The highest BCUT2D eigenvalue weighted by atomic mass is 16.6. The van der Waals surface area contributed by atoms with Crippen LogP contribution in [0.25, 0.3) is 33.3 Å². The van der Waals surface area contributed by atoms with E-state index in [4.69, 9.17) is 13.9 Å². The molecule has 4 aromatic rings. The molecule has 0 aliphatic carbocycles. The number of methoxy groups -OCH3 is 1. The summed E-state index contributed by atoms with van der Waals surface area (Å²) in [5.74, 6) is 2.23. The van der Waals surface area contributed by atoms with Crippen molar-refractivity contribution in [1.82, 2.24) is 15.0 Å². The molecule has 1 atom stereocenters. The molecule has 0 amide bonds. The lowest BCUT2D eigenvalue weighted by Crippen LogP contribution is -2.19. The van der Waals surface area contributed by atoms with E-state index in [0.29, 0.717) is 47.2 Å². The fourth-order valence-electron chi connectivity index (χ4n) is 3.53. The van der Waals surface area contributed by atoms with Crippen molar-refractivity contribution in [3.63, 3.8) is 0 Å². The Labute approximate surface area is 171 Å². The van der Waals surface area contributed by atoms with Crippen LogP contribution in [0.3, 0.4) is 0 Å². The van der Waals surface area contributed by atoms with Gasteiger partial charge in [-0.3, -0.25) is 4.79 Å². The summed E-state index contributed by atoms with van der Waals surface area (Å²) in [6, 6.07) is 7.36. The molecule has 5 rings (SSSR count). The quantitative estimate of drug-likeness (QED) is 0.481. The van der Waals surface area contributed by atoms with Gasteiger partial charge in [0.15, 0.2) is 11.8 Å². The molecule has 1 aliphatic heterocycles. The molecular formula is C21H19N5O4. The Hall–Kier alpha value is -3.88. The molecule has 0 radical (unpaired) electrons. The zero-order valence-electron chi connectivity index (χ0n) is 16.4. The van der Waals surface area contributed by atoms with Gasteiger partial charge in [-0.25, -0.2) is 15.0 Å². The molecule has 3 aromatic heterocycles. The average molecular weight is 405 g/mol. The number of esters is 1. The van der Waals surface area contributed by atoms with Crippen molar-refractivity contribution >= 4 is 39.5 Å². The third-order valence-electron chi connectivity index (χ3n) is 5.03. The minimum atomic E-state index is -0.381. The number of fused-ring (bicyclic) bond motifs is 2. The number of hydrogen-bond acceptors (Lipinski definition) is 9. The van der Waals surface area contributed by atoms with E-state index in [9.17, 15) is 4.79 Å². The summed E-state index contributed by atoms with van der Waals surface area (Å²) >= 11 is 0. The first-order valence-electron chi connectivity index (χ1n) is 9.52. The van der Waals surface area contributed by atoms with Crippen LogP contribution in [0, 0.1) is 0 Å². The molecule has 152 valence electrons. The van der Waals surface area contributed by atoms with Gasteiger partial charge in [0.25, 0.3) is 0 Å². The summed E-state index contributed by atoms with van der Waals surface area (Å²) in [4.78, 5) is 24.9. The van der Waals surface area contributed by atoms with Crippen LogP contribution in [0.1, 0.15) is 12.8 Å². The number of hydrogen-bond donors (Lipinski definition) is 2. The zero-order chi connectivity index (χ0) is 20.7. The average Bonchev–Trinajstić information content (AvgIpc) is 3.37. The number of benzene rings is 1. The maximum Gasteiger partial charge on any atom is 0.307 e. The summed E-state index contributed by atoms with van der Waals surface area (Å²) in [7, 11) is 3.41. The number of cyclic esters (lactones) is 1. The van der Waals surface area contributed by atoms with Gasteiger partial charge in [-0.05, 0) is 18.2 Å². The predicted molar refractivity (Wildman–Crippen MR) is 111 cm³/mol. The first-order chi connectivity index (χ1) is 14.6. The number of oxazole rings is 1. The van der Waals surface area contributed by atoms with Crippen LogP contribution in [0.2, 0.25) is 0 Å². The topological polar surface area (TPSA) is 111 Å². The Morgan fingerprint density at radius 1 is 1.17 bits per heavy atom. The van der Waals surface area contributed by atoms with Crippen molar-refractivity contribution in [2.45, 2.75) is 19.1 Å². The van der Waals surface area contributed by atoms with E-state index in [1.54, 1.807) is 26.6 Å². The number of carbonyl (C=O) groups is 1. The number of ether oxygens (including phenoxy) is 2. The van der Waals surface area contributed by atoms with Gasteiger partial charge in [-0.1, -0.05) is 0 Å². The zero-order valence-corrected chi connectivity index (χ0v) is 16.4. The molecule has 1 aliphatic rings. The lowest BCUT2D eigenvalue weighted by molar-refractivity contribution is -0.140. The predicted octanol–water partition coefficient (Wildman–Crippen LogP) is 3.56. The minimum absolute atomic E-state index is 0.211. The molecule has 0 spiro atoms. The molecule has 0 saturated carbocycles. The van der Waals surface area contributed by atoms with Crippen LogP contribution in [0.4, 0.5) is 11.6 Å². The molecule has 9 heteroatoms. The highest BCUT2D eigenvalue weighted by Gasteiger charge is 2.24. The largest absolute Gasteiger partial charge is 0.497 e. The second-order valence-corrected chi connectivity index (χ2v) is 6.90. The van der Waals surface area contributed by atoms with E-state index in [2.05, 4.69) is 25.6 Å². The summed E-state index contributed by atoms with van der Waals surface area (Å²) in [5.41, 5.74) is 2.08. The molecule has 1 unspecified atom stereocenters. The number of rotatable bonds is 5. The van der Waals surface area contributed by atoms with Crippen molar-refractivity contribution in [3.8, 4) is 17.2 Å². The minimum Gasteiger partial charge on any atom is -0.497 e. The van der Waals surface area contributed by atoms with Crippen LogP contribution >= 0.6 is 0 Å². The number of anilines is 2. The van der Waals surface area contributed by atoms with Crippen molar-refractivity contribution in [2.24, 2.45) is 0 Å². The number of nitrogens with one attached hydrogen (secondary N) is 2. The lowest BCUT2D eigenvalue weighted by Gasteiger charge is -2.14. The molecule has 30 heavy (non-hydrogen) atoms. The van der Waals surface area contributed by atoms with Crippen molar-refractivity contribution in [3.05, 3.63) is 36.7 Å². The second kappa shape index (κ2) is 7.18. The Morgan fingerprint density at radius 2 is 2.07 bits per heavy atom. The highest BCUT2D eigenvalue weighted by Crippen LogP contribution is 2.34. The van der Waals surface area contributed by atoms with Gasteiger partial charge in [0.05, 0.1) is 19.1 Å². The van der Waals surface area contributed by atoms with Crippen LogP contribution in [0.5, 0.6) is 5.75 Å². The fraction of sp³-hybridized carbons (Fsp3) is 0.238. The SMILES string of the molecule is CNc1ncc(-c2nc3cc(OC)ccc3o2)c2cc(NC3CCC(=O)O3)ncc12. The van der Waals surface area contributed by atoms with Gasteiger partial charge in [-0.2, -0.15) is 0 Å². The van der Waals surface area contributed by atoms with Crippen molar-refractivity contribution in [2.75, 3.05) is 24.8 Å². The Kier molecular flexibility index (Phi) is 4.35. The molecule has 1 fully saturated rings. The third kappa shape index (κ3) is 3.14. The Morgan fingerprint density at radius 3 is 2.83 bits per heavy atom. The van der Waals surface area contributed by atoms with Crippen molar-refractivity contribution in [1.29, 1.82) is 0 Å². The van der Waals surface area contributed by atoms with Crippen molar-refractivity contribution < 1.29 is 18.7 Å². The Balaban J connectivity index is 1.61. The van der Waals surface area contributed by atoms with Gasteiger partial charge in [0.1, 0.15) is 22.9 Å². The van der Waals surface area contributed by atoms with Crippen LogP contribution in [0.15, 0.2) is 41.1 Å². The van der Waals surface area contributed by atoms with E-state index in [-0.39, 0.29) is 12.2 Å². The molecule has 1 saturated heterocycles. The second-order valence-electron chi connectivity index (χ2n) is 6.90. The summed E-state index contributed by atoms with van der Waals surface area (Å²) in [6.07, 6.45) is 4.07. The van der Waals surface area contributed by atoms with E-state index in [1.165, 1.54) is 0 Å². The van der Waals surface area contributed by atoms with E-state index >= 15 is 0 Å². The van der Waals surface area contributed by atoms with Crippen LogP contribution in [-0.2, 0) is 9.53 Å². The number of carbonyl (C=O) groups excluding carboxylic acids is 1. The summed E-state index contributed by atoms with van der Waals surface area (Å²) in [5, 5.41) is 7.92. The fourth-order valence-corrected chi connectivity index (χ4v) is 3.53. The number of pyridine rings is 2. The maximum atomic E-state index is 11.4. The monoisotopic (exact) mass is 405 g/mol. The van der Waals surface area contributed by atoms with E-state index in [0.717, 1.165) is 16.3 Å². The Bertz CT molecular complexity index is 1270. The first-order valence-corrected chi connectivity index (χ1v) is 9.52. The molecule has 2 N–H and O–H groups in total. The smallest absolute Gasteiger partial charge is 0.307 e. The van der Waals surface area contributed by atoms with E-state index in [1.807, 2.05) is 24.3 Å². The molecule has 0 bridgehead atoms. The van der Waals surface area contributed by atoms with Crippen LogP contribution < -0.4 is 15.4 Å². The maximum absolute atomic E-state index is 11.4. The number of nitrogens with zero attached hydrogens (tertiary/aromatic N) is 3. The lowest BCUT2D eigenvalue weighted by atomic mass is 10.1.